The fourth-order valence-electron chi connectivity index (χ4n) is 1.67. The van der Waals surface area contributed by atoms with E-state index in [1.54, 1.807) is 0 Å². The van der Waals surface area contributed by atoms with Crippen LogP contribution < -0.4 is 10.6 Å². The molecule has 0 aromatic heterocycles. The second kappa shape index (κ2) is 3.20. The van der Waals surface area contributed by atoms with Crippen molar-refractivity contribution in [2.45, 2.75) is 57.1 Å². The number of thiol groups is 1. The average Bonchev–Trinajstić information content (AvgIpc) is 2.25. The van der Waals surface area contributed by atoms with Gasteiger partial charge < -0.3 is 0 Å². The van der Waals surface area contributed by atoms with Gasteiger partial charge in [0, 0.05) is 5.54 Å². The monoisotopic (exact) mass is 188 g/mol. The van der Waals surface area contributed by atoms with E-state index in [2.05, 4.69) is 51.0 Å². The normalized spacial score (nSPS) is 48.2. The standard InChI is InChI=1S/C9H20N2S/c1-5-8(3)7(12)10-9(4,6-2)11-8/h7,10-12H,5-6H2,1-4H3. The highest BCUT2D eigenvalue weighted by Crippen LogP contribution is 2.29. The summed E-state index contributed by atoms with van der Waals surface area (Å²) < 4.78 is 0. The van der Waals surface area contributed by atoms with Crippen molar-refractivity contribution in [1.82, 2.24) is 10.6 Å². The largest absolute Gasteiger partial charge is 0.292 e. The van der Waals surface area contributed by atoms with Crippen molar-refractivity contribution < 1.29 is 0 Å². The topological polar surface area (TPSA) is 24.1 Å². The minimum Gasteiger partial charge on any atom is -0.292 e. The molecule has 1 aliphatic heterocycles. The van der Waals surface area contributed by atoms with Crippen LogP contribution in [0.15, 0.2) is 0 Å². The van der Waals surface area contributed by atoms with Gasteiger partial charge in [-0.25, -0.2) is 0 Å². The quantitative estimate of drug-likeness (QED) is 0.575. The van der Waals surface area contributed by atoms with Gasteiger partial charge >= 0.3 is 0 Å². The summed E-state index contributed by atoms with van der Waals surface area (Å²) in [7, 11) is 0. The summed E-state index contributed by atoms with van der Waals surface area (Å²) in [6, 6.07) is 0. The molecule has 1 rings (SSSR count). The molecule has 1 heterocycles. The van der Waals surface area contributed by atoms with E-state index in [4.69, 9.17) is 0 Å². The lowest BCUT2D eigenvalue weighted by molar-refractivity contribution is 0.302. The van der Waals surface area contributed by atoms with Crippen molar-refractivity contribution in [2.24, 2.45) is 0 Å². The fourth-order valence-corrected chi connectivity index (χ4v) is 2.20. The molecule has 1 saturated heterocycles. The van der Waals surface area contributed by atoms with Gasteiger partial charge in [-0.15, -0.1) is 0 Å². The zero-order chi connectivity index (χ0) is 9.41. The van der Waals surface area contributed by atoms with Gasteiger partial charge in [0.1, 0.15) is 0 Å². The van der Waals surface area contributed by atoms with E-state index >= 15 is 0 Å². The highest BCUT2D eigenvalue weighted by atomic mass is 32.1. The van der Waals surface area contributed by atoms with Gasteiger partial charge in [0.15, 0.2) is 0 Å². The van der Waals surface area contributed by atoms with Gasteiger partial charge in [-0.3, -0.25) is 10.6 Å². The van der Waals surface area contributed by atoms with E-state index in [1.165, 1.54) is 0 Å². The predicted molar refractivity (Wildman–Crippen MR) is 56.4 cm³/mol. The van der Waals surface area contributed by atoms with Crippen LogP contribution in [0.3, 0.4) is 0 Å². The number of hydrogen-bond acceptors (Lipinski definition) is 3. The Balaban J connectivity index is 2.74. The Hall–Kier alpha value is 0.270. The van der Waals surface area contributed by atoms with Crippen LogP contribution in [-0.4, -0.2) is 16.6 Å². The van der Waals surface area contributed by atoms with Crippen LogP contribution in [0.4, 0.5) is 0 Å². The molecule has 3 heteroatoms. The molecular weight excluding hydrogens is 168 g/mol. The summed E-state index contributed by atoms with van der Waals surface area (Å²) in [5.74, 6) is 0. The molecule has 0 spiro atoms. The van der Waals surface area contributed by atoms with Crippen LogP contribution in [-0.2, 0) is 0 Å². The van der Waals surface area contributed by atoms with Crippen molar-refractivity contribution in [1.29, 1.82) is 0 Å². The lowest BCUT2D eigenvalue weighted by Crippen LogP contribution is -2.50. The molecule has 2 N–H and O–H groups in total. The van der Waals surface area contributed by atoms with Gasteiger partial charge in [-0.05, 0) is 26.7 Å². The first-order chi connectivity index (χ1) is 5.46. The smallest absolute Gasteiger partial charge is 0.0698 e. The van der Waals surface area contributed by atoms with Crippen molar-refractivity contribution in [3.63, 3.8) is 0 Å². The molecular formula is C9H20N2S. The summed E-state index contributed by atoms with van der Waals surface area (Å²) in [5, 5.41) is 7.34. The molecule has 0 saturated carbocycles. The Bertz CT molecular complexity index is 174. The van der Waals surface area contributed by atoms with Crippen LogP contribution in [0.2, 0.25) is 0 Å². The molecule has 2 nitrogen and oxygen atoms in total. The number of rotatable bonds is 2. The Morgan fingerprint density at radius 3 is 2.08 bits per heavy atom. The molecule has 3 unspecified atom stereocenters. The number of nitrogens with one attached hydrogen (secondary N) is 2. The molecule has 0 radical (unpaired) electrons. The van der Waals surface area contributed by atoms with Gasteiger partial charge in [-0.1, -0.05) is 13.8 Å². The van der Waals surface area contributed by atoms with Crippen molar-refractivity contribution in [3.05, 3.63) is 0 Å². The zero-order valence-corrected chi connectivity index (χ0v) is 9.33. The molecule has 1 aliphatic rings. The minimum atomic E-state index is 0.0666. The Labute approximate surface area is 80.9 Å². The Kier molecular flexibility index (Phi) is 2.76. The molecule has 0 amide bonds. The molecule has 12 heavy (non-hydrogen) atoms. The van der Waals surface area contributed by atoms with E-state index in [0.717, 1.165) is 12.8 Å². The summed E-state index contributed by atoms with van der Waals surface area (Å²) in [6.45, 7) is 8.79. The minimum absolute atomic E-state index is 0.0666. The van der Waals surface area contributed by atoms with E-state index in [9.17, 15) is 0 Å². The maximum absolute atomic E-state index is 4.55. The van der Waals surface area contributed by atoms with Crippen molar-refractivity contribution in [2.75, 3.05) is 0 Å². The first kappa shape index (κ1) is 10.4. The van der Waals surface area contributed by atoms with Gasteiger partial charge in [0.05, 0.1) is 11.0 Å². The summed E-state index contributed by atoms with van der Waals surface area (Å²) >= 11 is 4.55. The molecule has 72 valence electrons. The van der Waals surface area contributed by atoms with Crippen LogP contribution in [0.25, 0.3) is 0 Å². The predicted octanol–water partition coefficient (Wildman–Crippen LogP) is 1.73. The average molecular weight is 188 g/mol. The molecule has 1 fully saturated rings. The second-order valence-corrected chi connectivity index (χ2v) is 4.64. The highest BCUT2D eigenvalue weighted by molar-refractivity contribution is 7.81. The van der Waals surface area contributed by atoms with Gasteiger partial charge in [-0.2, -0.15) is 12.6 Å². The lowest BCUT2D eigenvalue weighted by atomic mass is 10.00. The second-order valence-electron chi connectivity index (χ2n) is 4.13. The van der Waals surface area contributed by atoms with Crippen LogP contribution in [0.5, 0.6) is 0 Å². The fraction of sp³-hybridized carbons (Fsp3) is 1.00. The molecule has 0 aromatic rings. The third-order valence-electron chi connectivity index (χ3n) is 3.06. The summed E-state index contributed by atoms with van der Waals surface area (Å²) in [4.78, 5) is 0. The van der Waals surface area contributed by atoms with Gasteiger partial charge in [0.25, 0.3) is 0 Å². The molecule has 0 aliphatic carbocycles. The van der Waals surface area contributed by atoms with E-state index in [1.807, 2.05) is 0 Å². The van der Waals surface area contributed by atoms with E-state index < -0.39 is 0 Å². The maximum Gasteiger partial charge on any atom is 0.0698 e. The lowest BCUT2D eigenvalue weighted by Gasteiger charge is -2.29. The van der Waals surface area contributed by atoms with Crippen LogP contribution >= 0.6 is 12.6 Å². The third kappa shape index (κ3) is 1.63. The molecule has 0 aromatic carbocycles. The van der Waals surface area contributed by atoms with Crippen molar-refractivity contribution >= 4 is 12.6 Å². The van der Waals surface area contributed by atoms with E-state index in [-0.39, 0.29) is 16.6 Å². The van der Waals surface area contributed by atoms with E-state index in [0.29, 0.717) is 0 Å². The Morgan fingerprint density at radius 1 is 1.25 bits per heavy atom. The first-order valence-electron chi connectivity index (χ1n) is 4.71. The van der Waals surface area contributed by atoms with Crippen molar-refractivity contribution in [3.8, 4) is 0 Å². The van der Waals surface area contributed by atoms with Crippen LogP contribution in [0.1, 0.15) is 40.5 Å². The SMILES string of the molecule is CCC1(C)NC(S)C(C)(CC)N1. The first-order valence-corrected chi connectivity index (χ1v) is 5.22. The summed E-state index contributed by atoms with van der Waals surface area (Å²) in [6.07, 6.45) is 2.18. The highest BCUT2D eigenvalue weighted by Gasteiger charge is 2.44. The summed E-state index contributed by atoms with van der Waals surface area (Å²) in [5.41, 5.74) is 0.199. The maximum atomic E-state index is 4.55. The zero-order valence-electron chi connectivity index (χ0n) is 8.44. The molecule has 0 bridgehead atoms. The third-order valence-corrected chi connectivity index (χ3v) is 3.76. The molecule has 3 atom stereocenters. The Morgan fingerprint density at radius 2 is 1.83 bits per heavy atom. The van der Waals surface area contributed by atoms with Crippen LogP contribution in [0, 0.1) is 0 Å². The van der Waals surface area contributed by atoms with Gasteiger partial charge in [0.2, 0.25) is 0 Å². The number of hydrogen-bond donors (Lipinski definition) is 3.